The van der Waals surface area contributed by atoms with Crippen molar-refractivity contribution in [3.63, 3.8) is 0 Å². The van der Waals surface area contributed by atoms with Gasteiger partial charge in [0.15, 0.2) is 0 Å². The number of hydrogen-bond acceptors (Lipinski definition) is 6. The number of pyridine rings is 1. The number of fused-ring (bicyclic) bond motifs is 1. The highest BCUT2D eigenvalue weighted by Gasteiger charge is 2.16. The number of nitrogens with one attached hydrogen (secondary N) is 2. The summed E-state index contributed by atoms with van der Waals surface area (Å²) in [7, 11) is 0. The van der Waals surface area contributed by atoms with Crippen LogP contribution in [0.1, 0.15) is 6.42 Å². The molecule has 0 amide bonds. The van der Waals surface area contributed by atoms with E-state index in [9.17, 15) is 8.78 Å². The molecular weight excluding hydrogens is 330 g/mol. The Morgan fingerprint density at radius 2 is 2.24 bits per heavy atom. The molecule has 2 N–H and O–H groups in total. The summed E-state index contributed by atoms with van der Waals surface area (Å²) in [6, 6.07) is 3.25. The van der Waals surface area contributed by atoms with Crippen molar-refractivity contribution in [1.82, 2.24) is 24.7 Å². The largest absolute Gasteiger partial charge is 0.435 e. The normalized spacial score (nSPS) is 17.3. The SMILES string of the molecule is FC(F)Oc1ccn2c(-c3cncc(NC4CCNC4)n3)cnc2c1. The van der Waals surface area contributed by atoms with E-state index in [1.165, 1.54) is 12.1 Å². The van der Waals surface area contributed by atoms with E-state index in [4.69, 9.17) is 0 Å². The molecule has 1 aliphatic heterocycles. The maximum atomic E-state index is 12.3. The second-order valence-corrected chi connectivity index (χ2v) is 5.74. The number of alkyl halides is 2. The van der Waals surface area contributed by atoms with Crippen molar-refractivity contribution in [2.24, 2.45) is 0 Å². The van der Waals surface area contributed by atoms with Crippen molar-refractivity contribution < 1.29 is 13.5 Å². The monoisotopic (exact) mass is 346 g/mol. The van der Waals surface area contributed by atoms with Crippen molar-refractivity contribution >= 4 is 11.5 Å². The van der Waals surface area contributed by atoms with Gasteiger partial charge in [-0.3, -0.25) is 9.38 Å². The van der Waals surface area contributed by atoms with Crippen LogP contribution in [0.15, 0.2) is 36.9 Å². The first-order chi connectivity index (χ1) is 12.2. The summed E-state index contributed by atoms with van der Waals surface area (Å²) in [6.45, 7) is -0.981. The zero-order chi connectivity index (χ0) is 17.2. The third-order valence-electron chi connectivity index (χ3n) is 4.02. The number of hydrogen-bond donors (Lipinski definition) is 2. The molecule has 3 aromatic heterocycles. The van der Waals surface area contributed by atoms with Crippen molar-refractivity contribution in [2.45, 2.75) is 19.1 Å². The van der Waals surface area contributed by atoms with Crippen LogP contribution in [0.25, 0.3) is 17.0 Å². The first kappa shape index (κ1) is 15.7. The Bertz CT molecular complexity index is 878. The minimum absolute atomic E-state index is 0.0647. The Labute approximate surface area is 142 Å². The number of aromatic nitrogens is 4. The quantitative estimate of drug-likeness (QED) is 0.737. The predicted molar refractivity (Wildman–Crippen MR) is 87.7 cm³/mol. The Kier molecular flexibility index (Phi) is 4.14. The Morgan fingerprint density at radius 1 is 1.32 bits per heavy atom. The summed E-state index contributed by atoms with van der Waals surface area (Å²) in [4.78, 5) is 13.1. The molecule has 9 heteroatoms. The summed E-state index contributed by atoms with van der Waals surface area (Å²) >= 11 is 0. The van der Waals surface area contributed by atoms with Crippen LogP contribution in [0.4, 0.5) is 14.6 Å². The van der Waals surface area contributed by atoms with Gasteiger partial charge >= 0.3 is 6.61 Å². The van der Waals surface area contributed by atoms with Gasteiger partial charge in [-0.05, 0) is 19.0 Å². The number of anilines is 1. The van der Waals surface area contributed by atoms with Crippen LogP contribution in [0.5, 0.6) is 5.75 Å². The van der Waals surface area contributed by atoms with E-state index < -0.39 is 6.61 Å². The number of nitrogens with zero attached hydrogens (tertiary/aromatic N) is 4. The van der Waals surface area contributed by atoms with Crippen LogP contribution >= 0.6 is 0 Å². The lowest BCUT2D eigenvalue weighted by atomic mass is 10.2. The van der Waals surface area contributed by atoms with Gasteiger partial charge in [-0.1, -0.05) is 0 Å². The third-order valence-corrected chi connectivity index (χ3v) is 4.02. The van der Waals surface area contributed by atoms with E-state index in [0.29, 0.717) is 23.2 Å². The molecule has 4 heterocycles. The molecule has 1 saturated heterocycles. The van der Waals surface area contributed by atoms with Gasteiger partial charge < -0.3 is 15.4 Å². The summed E-state index contributed by atoms with van der Waals surface area (Å²) in [5, 5.41) is 6.64. The van der Waals surface area contributed by atoms with Crippen molar-refractivity contribution in [2.75, 3.05) is 18.4 Å². The first-order valence-electron chi connectivity index (χ1n) is 7.90. The van der Waals surface area contributed by atoms with E-state index in [2.05, 4.69) is 30.3 Å². The van der Waals surface area contributed by atoms with E-state index in [0.717, 1.165) is 25.2 Å². The zero-order valence-electron chi connectivity index (χ0n) is 13.2. The average Bonchev–Trinajstić information content (AvgIpc) is 3.23. The maximum absolute atomic E-state index is 12.3. The zero-order valence-corrected chi connectivity index (χ0v) is 13.2. The van der Waals surface area contributed by atoms with E-state index in [1.54, 1.807) is 29.2 Å². The predicted octanol–water partition coefficient (Wildman–Crippen LogP) is 2.17. The molecule has 0 aromatic carbocycles. The fourth-order valence-corrected chi connectivity index (χ4v) is 2.87. The van der Waals surface area contributed by atoms with Gasteiger partial charge in [0.1, 0.15) is 22.9 Å². The highest BCUT2D eigenvalue weighted by Crippen LogP contribution is 2.23. The molecule has 1 atom stereocenters. The third kappa shape index (κ3) is 3.36. The van der Waals surface area contributed by atoms with Crippen LogP contribution in [0, 0.1) is 0 Å². The Hall–Kier alpha value is -2.81. The molecular formula is C16H16F2N6O. The topological polar surface area (TPSA) is 76.4 Å². The molecule has 1 unspecified atom stereocenters. The van der Waals surface area contributed by atoms with E-state index in [-0.39, 0.29) is 5.75 Å². The lowest BCUT2D eigenvalue weighted by molar-refractivity contribution is -0.0498. The van der Waals surface area contributed by atoms with E-state index >= 15 is 0 Å². The molecule has 7 nitrogen and oxygen atoms in total. The molecule has 130 valence electrons. The van der Waals surface area contributed by atoms with Crippen molar-refractivity contribution in [3.05, 3.63) is 36.9 Å². The van der Waals surface area contributed by atoms with Crippen molar-refractivity contribution in [3.8, 4) is 17.1 Å². The number of halogens is 2. The molecule has 3 aromatic rings. The van der Waals surface area contributed by atoms with Gasteiger partial charge in [0.05, 0.1) is 24.3 Å². The standard InChI is InChI=1S/C16H16F2N6O/c17-16(18)25-11-2-4-24-13(8-21-15(24)5-11)12-7-20-9-14(23-12)22-10-1-3-19-6-10/h2,4-5,7-10,16,19H,1,3,6H2,(H,22,23). The molecule has 4 rings (SSSR count). The van der Waals surface area contributed by atoms with Crippen LogP contribution < -0.4 is 15.4 Å². The smallest absolute Gasteiger partial charge is 0.387 e. The molecule has 0 radical (unpaired) electrons. The maximum Gasteiger partial charge on any atom is 0.387 e. The summed E-state index contributed by atoms with van der Waals surface area (Å²) in [5.41, 5.74) is 1.86. The lowest BCUT2D eigenvalue weighted by Crippen LogP contribution is -2.22. The minimum Gasteiger partial charge on any atom is -0.435 e. The van der Waals surface area contributed by atoms with Gasteiger partial charge in [0.2, 0.25) is 0 Å². The van der Waals surface area contributed by atoms with Gasteiger partial charge in [0.25, 0.3) is 0 Å². The summed E-state index contributed by atoms with van der Waals surface area (Å²) in [6.07, 6.45) is 7.61. The molecule has 1 aliphatic rings. The fraction of sp³-hybridized carbons (Fsp3) is 0.312. The average molecular weight is 346 g/mol. The number of ether oxygens (including phenoxy) is 1. The number of imidazole rings is 1. The minimum atomic E-state index is -2.87. The summed E-state index contributed by atoms with van der Waals surface area (Å²) in [5.74, 6) is 0.758. The van der Waals surface area contributed by atoms with Crippen LogP contribution in [-0.2, 0) is 0 Å². The lowest BCUT2D eigenvalue weighted by Gasteiger charge is -2.12. The number of rotatable bonds is 5. The molecule has 0 spiro atoms. The Balaban J connectivity index is 1.62. The van der Waals surface area contributed by atoms with Gasteiger partial charge in [-0.15, -0.1) is 0 Å². The van der Waals surface area contributed by atoms with Gasteiger partial charge in [-0.25, -0.2) is 9.97 Å². The molecule has 1 fully saturated rings. The van der Waals surface area contributed by atoms with Crippen LogP contribution in [0.3, 0.4) is 0 Å². The molecule has 0 saturated carbocycles. The Morgan fingerprint density at radius 3 is 3.04 bits per heavy atom. The molecule has 0 bridgehead atoms. The van der Waals surface area contributed by atoms with Gasteiger partial charge in [0, 0.05) is 24.8 Å². The molecule has 0 aliphatic carbocycles. The van der Waals surface area contributed by atoms with Crippen LogP contribution in [-0.4, -0.2) is 45.1 Å². The molecule has 25 heavy (non-hydrogen) atoms. The van der Waals surface area contributed by atoms with Crippen molar-refractivity contribution in [1.29, 1.82) is 0 Å². The van der Waals surface area contributed by atoms with Crippen LogP contribution in [0.2, 0.25) is 0 Å². The first-order valence-corrected chi connectivity index (χ1v) is 7.90. The summed E-state index contributed by atoms with van der Waals surface area (Å²) < 4.78 is 30.8. The second kappa shape index (κ2) is 6.60. The van der Waals surface area contributed by atoms with E-state index in [1.807, 2.05) is 0 Å². The van der Waals surface area contributed by atoms with Gasteiger partial charge in [-0.2, -0.15) is 8.78 Å². The highest BCUT2D eigenvalue weighted by atomic mass is 19.3. The second-order valence-electron chi connectivity index (χ2n) is 5.74. The fourth-order valence-electron chi connectivity index (χ4n) is 2.87. The highest BCUT2D eigenvalue weighted by molar-refractivity contribution is 5.61.